The summed E-state index contributed by atoms with van der Waals surface area (Å²) in [5.41, 5.74) is 5.68. The number of aromatic nitrogens is 2. The molecule has 0 radical (unpaired) electrons. The maximum Gasteiger partial charge on any atom is 0.391 e. The van der Waals surface area contributed by atoms with E-state index in [9.17, 15) is 13.2 Å². The van der Waals surface area contributed by atoms with Gasteiger partial charge in [-0.25, -0.2) is 4.68 Å². The molecular formula is C10H13ClF3N3. The molecule has 1 heterocycles. The van der Waals surface area contributed by atoms with Crippen LogP contribution < -0.4 is 5.73 Å². The summed E-state index contributed by atoms with van der Waals surface area (Å²) in [4.78, 5) is 0. The standard InChI is InChI=1S/C10H13ClF3N3/c11-8-5-16-17(9(8)15)7-3-1-2-6(4-7)10(12,13)14/h5-7H,1-4,15H2. The van der Waals surface area contributed by atoms with Crippen molar-refractivity contribution in [1.29, 1.82) is 0 Å². The first-order valence-electron chi connectivity index (χ1n) is 5.44. The quantitative estimate of drug-likeness (QED) is 0.847. The van der Waals surface area contributed by atoms with E-state index in [2.05, 4.69) is 5.10 Å². The Morgan fingerprint density at radius 3 is 2.65 bits per heavy atom. The van der Waals surface area contributed by atoms with E-state index in [0.29, 0.717) is 17.9 Å². The fraction of sp³-hybridized carbons (Fsp3) is 0.700. The van der Waals surface area contributed by atoms with Crippen LogP contribution in [0.4, 0.5) is 19.0 Å². The minimum Gasteiger partial charge on any atom is -0.383 e. The molecule has 3 nitrogen and oxygen atoms in total. The topological polar surface area (TPSA) is 43.8 Å². The van der Waals surface area contributed by atoms with Crippen LogP contribution in [0.2, 0.25) is 5.02 Å². The molecule has 1 saturated carbocycles. The fourth-order valence-corrected chi connectivity index (χ4v) is 2.46. The van der Waals surface area contributed by atoms with Crippen molar-refractivity contribution in [1.82, 2.24) is 9.78 Å². The smallest absolute Gasteiger partial charge is 0.383 e. The summed E-state index contributed by atoms with van der Waals surface area (Å²) in [7, 11) is 0. The third-order valence-corrected chi connectivity index (χ3v) is 3.53. The van der Waals surface area contributed by atoms with Crippen LogP contribution in [-0.4, -0.2) is 16.0 Å². The Hall–Kier alpha value is -0.910. The molecule has 0 bridgehead atoms. The summed E-state index contributed by atoms with van der Waals surface area (Å²) in [5.74, 6) is -1.01. The Balaban J connectivity index is 2.15. The SMILES string of the molecule is Nc1c(Cl)cnn1C1CCCC(C(F)(F)F)C1. The monoisotopic (exact) mass is 267 g/mol. The van der Waals surface area contributed by atoms with Gasteiger partial charge in [-0.2, -0.15) is 18.3 Å². The zero-order valence-corrected chi connectivity index (χ0v) is 9.80. The molecule has 17 heavy (non-hydrogen) atoms. The van der Waals surface area contributed by atoms with Crippen molar-refractivity contribution in [2.45, 2.75) is 37.9 Å². The van der Waals surface area contributed by atoms with E-state index in [-0.39, 0.29) is 24.7 Å². The molecule has 0 aromatic carbocycles. The molecule has 1 fully saturated rings. The van der Waals surface area contributed by atoms with E-state index in [1.807, 2.05) is 0 Å². The molecule has 0 aliphatic heterocycles. The van der Waals surface area contributed by atoms with Crippen molar-refractivity contribution in [3.05, 3.63) is 11.2 Å². The first kappa shape index (κ1) is 12.5. The van der Waals surface area contributed by atoms with E-state index in [1.54, 1.807) is 0 Å². The molecule has 1 aromatic heterocycles. The minimum atomic E-state index is -4.13. The predicted octanol–water partition coefficient (Wildman–Crippen LogP) is 3.41. The summed E-state index contributed by atoms with van der Waals surface area (Å²) in [6.45, 7) is 0. The Bertz CT molecular complexity index is 402. The highest BCUT2D eigenvalue weighted by atomic mass is 35.5. The summed E-state index contributed by atoms with van der Waals surface area (Å²) in [6, 6.07) is -0.303. The van der Waals surface area contributed by atoms with E-state index < -0.39 is 12.1 Å². The van der Waals surface area contributed by atoms with Gasteiger partial charge in [0.15, 0.2) is 0 Å². The number of alkyl halides is 3. The van der Waals surface area contributed by atoms with Crippen molar-refractivity contribution < 1.29 is 13.2 Å². The van der Waals surface area contributed by atoms with Gasteiger partial charge in [-0.3, -0.25) is 0 Å². The molecule has 0 amide bonds. The van der Waals surface area contributed by atoms with Gasteiger partial charge in [0.25, 0.3) is 0 Å². The second-order valence-corrected chi connectivity index (χ2v) is 4.79. The van der Waals surface area contributed by atoms with Crippen LogP contribution in [0, 0.1) is 5.92 Å². The summed E-state index contributed by atoms with van der Waals surface area (Å²) in [5, 5.41) is 4.24. The van der Waals surface area contributed by atoms with Crippen LogP contribution in [-0.2, 0) is 0 Å². The zero-order chi connectivity index (χ0) is 12.6. The molecule has 1 aliphatic rings. The Labute approximate surface area is 102 Å². The van der Waals surface area contributed by atoms with Crippen molar-refractivity contribution in [2.75, 3.05) is 5.73 Å². The molecule has 96 valence electrons. The Morgan fingerprint density at radius 1 is 1.41 bits per heavy atom. The van der Waals surface area contributed by atoms with Gasteiger partial charge < -0.3 is 5.73 Å². The number of hydrogen-bond acceptors (Lipinski definition) is 2. The lowest BCUT2D eigenvalue weighted by Crippen LogP contribution is -2.30. The van der Waals surface area contributed by atoms with Crippen LogP contribution >= 0.6 is 11.6 Å². The molecule has 2 unspecified atom stereocenters. The number of rotatable bonds is 1. The highest BCUT2D eigenvalue weighted by Gasteiger charge is 2.42. The molecule has 2 N–H and O–H groups in total. The second kappa shape index (κ2) is 4.40. The molecule has 7 heteroatoms. The van der Waals surface area contributed by atoms with Crippen LogP contribution in [0.5, 0.6) is 0 Å². The van der Waals surface area contributed by atoms with E-state index >= 15 is 0 Å². The van der Waals surface area contributed by atoms with Gasteiger partial charge in [0, 0.05) is 0 Å². The van der Waals surface area contributed by atoms with Crippen LogP contribution in [0.1, 0.15) is 31.7 Å². The molecule has 2 rings (SSSR count). The maximum atomic E-state index is 12.6. The third-order valence-electron chi connectivity index (χ3n) is 3.24. The van der Waals surface area contributed by atoms with Crippen LogP contribution in [0.3, 0.4) is 0 Å². The zero-order valence-electron chi connectivity index (χ0n) is 9.04. The molecule has 1 aliphatic carbocycles. The van der Waals surface area contributed by atoms with Crippen molar-refractivity contribution >= 4 is 17.4 Å². The van der Waals surface area contributed by atoms with E-state index in [1.165, 1.54) is 10.9 Å². The van der Waals surface area contributed by atoms with Gasteiger partial charge in [-0.15, -0.1) is 0 Å². The lowest BCUT2D eigenvalue weighted by atomic mass is 9.85. The highest BCUT2D eigenvalue weighted by Crippen LogP contribution is 2.42. The summed E-state index contributed by atoms with van der Waals surface area (Å²) in [6.07, 6.45) is -1.35. The molecular weight excluding hydrogens is 255 g/mol. The highest BCUT2D eigenvalue weighted by molar-refractivity contribution is 6.32. The number of anilines is 1. The van der Waals surface area contributed by atoms with E-state index in [0.717, 1.165) is 0 Å². The number of nitrogens with zero attached hydrogens (tertiary/aromatic N) is 2. The minimum absolute atomic E-state index is 0.0334. The second-order valence-electron chi connectivity index (χ2n) is 4.38. The van der Waals surface area contributed by atoms with Gasteiger partial charge in [0.2, 0.25) is 0 Å². The average molecular weight is 268 g/mol. The first-order chi connectivity index (χ1) is 7.89. The summed E-state index contributed by atoms with van der Waals surface area (Å²) >= 11 is 5.74. The van der Waals surface area contributed by atoms with Crippen molar-refractivity contribution in [3.63, 3.8) is 0 Å². The Morgan fingerprint density at radius 2 is 2.12 bits per heavy atom. The normalized spacial score (nSPS) is 26.1. The predicted molar refractivity (Wildman–Crippen MR) is 58.7 cm³/mol. The summed E-state index contributed by atoms with van der Waals surface area (Å²) < 4.78 is 39.4. The van der Waals surface area contributed by atoms with Crippen molar-refractivity contribution in [3.8, 4) is 0 Å². The van der Waals surface area contributed by atoms with Crippen LogP contribution in [0.25, 0.3) is 0 Å². The lowest BCUT2D eigenvalue weighted by molar-refractivity contribution is -0.185. The van der Waals surface area contributed by atoms with Gasteiger partial charge in [0.1, 0.15) is 10.8 Å². The molecule has 0 spiro atoms. The van der Waals surface area contributed by atoms with Gasteiger partial charge in [-0.1, -0.05) is 18.0 Å². The van der Waals surface area contributed by atoms with Gasteiger partial charge in [0.05, 0.1) is 18.2 Å². The van der Waals surface area contributed by atoms with Crippen molar-refractivity contribution in [2.24, 2.45) is 5.92 Å². The largest absolute Gasteiger partial charge is 0.391 e. The number of nitrogen functional groups attached to an aromatic ring is 1. The third kappa shape index (κ3) is 2.51. The number of hydrogen-bond donors (Lipinski definition) is 1. The lowest BCUT2D eigenvalue weighted by Gasteiger charge is -2.31. The fourth-order valence-electron chi connectivity index (χ4n) is 2.33. The van der Waals surface area contributed by atoms with Gasteiger partial charge >= 0.3 is 6.18 Å². The average Bonchev–Trinajstić information content (AvgIpc) is 2.59. The molecule has 1 aromatic rings. The van der Waals surface area contributed by atoms with Crippen LogP contribution in [0.15, 0.2) is 6.20 Å². The number of nitrogens with two attached hydrogens (primary N) is 1. The van der Waals surface area contributed by atoms with E-state index in [4.69, 9.17) is 17.3 Å². The van der Waals surface area contributed by atoms with Gasteiger partial charge in [-0.05, 0) is 19.3 Å². The number of halogens is 4. The first-order valence-corrected chi connectivity index (χ1v) is 5.82. The molecule has 0 saturated heterocycles. The maximum absolute atomic E-state index is 12.6. The Kier molecular flexibility index (Phi) is 3.25. The molecule has 2 atom stereocenters.